The summed E-state index contributed by atoms with van der Waals surface area (Å²) < 4.78 is 39.8. The molecule has 0 saturated carbocycles. The van der Waals surface area contributed by atoms with Crippen molar-refractivity contribution < 1.29 is 13.2 Å². The molecular formula is C15H14F3N5. The van der Waals surface area contributed by atoms with Crippen LogP contribution in [0.3, 0.4) is 0 Å². The number of fused-ring (bicyclic) bond motifs is 1. The van der Waals surface area contributed by atoms with Crippen molar-refractivity contribution in [2.24, 2.45) is 5.92 Å². The van der Waals surface area contributed by atoms with Gasteiger partial charge >= 0.3 is 6.18 Å². The minimum absolute atomic E-state index is 0.0887. The van der Waals surface area contributed by atoms with Gasteiger partial charge in [0.05, 0.1) is 12.2 Å². The Hall–Kier alpha value is -2.64. The number of halogens is 3. The number of rotatable bonds is 5. The summed E-state index contributed by atoms with van der Waals surface area (Å²) >= 11 is 0. The first-order valence-corrected chi connectivity index (χ1v) is 7.02. The SMILES string of the molecule is FC(F)(F)C(CNc1ncnc2nc[nH]c12)Cc1ccccc1. The topological polar surface area (TPSA) is 66.5 Å². The standard InChI is InChI=1S/C15H14F3N5/c16-15(17,18)11(6-10-4-2-1-3-5-10)7-19-13-12-14(21-8-20-12)23-9-22-13/h1-5,8-9,11H,6-7H2,(H2,19,20,21,22,23). The largest absolute Gasteiger partial charge is 0.393 e. The molecule has 23 heavy (non-hydrogen) atoms. The summed E-state index contributed by atoms with van der Waals surface area (Å²) in [5, 5.41) is 2.76. The molecule has 1 unspecified atom stereocenters. The highest BCUT2D eigenvalue weighted by Gasteiger charge is 2.39. The zero-order valence-corrected chi connectivity index (χ0v) is 12.0. The van der Waals surface area contributed by atoms with Crippen LogP contribution in [-0.4, -0.2) is 32.7 Å². The molecule has 3 aromatic rings. The molecule has 0 radical (unpaired) electrons. The van der Waals surface area contributed by atoms with Crippen LogP contribution in [0.1, 0.15) is 5.56 Å². The molecule has 0 aliphatic carbocycles. The van der Waals surface area contributed by atoms with Crippen LogP contribution in [0.2, 0.25) is 0 Å². The highest BCUT2D eigenvalue weighted by atomic mass is 19.4. The van der Waals surface area contributed by atoms with Gasteiger partial charge < -0.3 is 10.3 Å². The van der Waals surface area contributed by atoms with E-state index in [1.807, 2.05) is 0 Å². The fraction of sp³-hybridized carbons (Fsp3) is 0.267. The number of alkyl halides is 3. The number of imidazole rings is 1. The van der Waals surface area contributed by atoms with Gasteiger partial charge in [-0.15, -0.1) is 0 Å². The van der Waals surface area contributed by atoms with Crippen molar-refractivity contribution in [3.63, 3.8) is 0 Å². The van der Waals surface area contributed by atoms with Gasteiger partial charge in [0.25, 0.3) is 0 Å². The second kappa shape index (κ2) is 6.23. The van der Waals surface area contributed by atoms with Gasteiger partial charge in [0.15, 0.2) is 11.5 Å². The molecule has 0 amide bonds. The normalized spacial score (nSPS) is 13.2. The van der Waals surface area contributed by atoms with Crippen molar-refractivity contribution in [2.75, 3.05) is 11.9 Å². The van der Waals surface area contributed by atoms with E-state index in [2.05, 4.69) is 25.3 Å². The lowest BCUT2D eigenvalue weighted by molar-refractivity contribution is -0.170. The molecule has 120 valence electrons. The van der Waals surface area contributed by atoms with E-state index in [0.29, 0.717) is 22.5 Å². The molecule has 8 heteroatoms. The number of nitrogens with zero attached hydrogens (tertiary/aromatic N) is 3. The van der Waals surface area contributed by atoms with Gasteiger partial charge in [-0.05, 0) is 12.0 Å². The average molecular weight is 321 g/mol. The third kappa shape index (κ3) is 3.58. The fourth-order valence-corrected chi connectivity index (χ4v) is 2.32. The highest BCUT2D eigenvalue weighted by molar-refractivity contribution is 5.81. The Morgan fingerprint density at radius 2 is 1.87 bits per heavy atom. The highest BCUT2D eigenvalue weighted by Crippen LogP contribution is 2.30. The van der Waals surface area contributed by atoms with Gasteiger partial charge in [0.1, 0.15) is 11.8 Å². The minimum Gasteiger partial charge on any atom is -0.368 e. The van der Waals surface area contributed by atoms with Gasteiger partial charge in [-0.3, -0.25) is 0 Å². The second-order valence-electron chi connectivity index (χ2n) is 5.13. The average Bonchev–Trinajstić information content (AvgIpc) is 3.00. The molecule has 2 aromatic heterocycles. The van der Waals surface area contributed by atoms with Crippen molar-refractivity contribution in [3.05, 3.63) is 48.5 Å². The molecule has 0 fully saturated rings. The van der Waals surface area contributed by atoms with Gasteiger partial charge in [-0.2, -0.15) is 13.2 Å². The molecule has 0 saturated heterocycles. The monoisotopic (exact) mass is 321 g/mol. The molecule has 1 atom stereocenters. The lowest BCUT2D eigenvalue weighted by Crippen LogP contribution is -2.31. The molecule has 2 N–H and O–H groups in total. The number of benzene rings is 1. The van der Waals surface area contributed by atoms with E-state index < -0.39 is 12.1 Å². The van der Waals surface area contributed by atoms with E-state index in [1.165, 1.54) is 12.7 Å². The van der Waals surface area contributed by atoms with Gasteiger partial charge in [-0.1, -0.05) is 30.3 Å². The quantitative estimate of drug-likeness (QED) is 0.757. The Balaban J connectivity index is 1.75. The summed E-state index contributed by atoms with van der Waals surface area (Å²) in [5.41, 5.74) is 1.55. The van der Waals surface area contributed by atoms with Crippen molar-refractivity contribution in [3.8, 4) is 0 Å². The van der Waals surface area contributed by atoms with E-state index in [1.54, 1.807) is 30.3 Å². The van der Waals surface area contributed by atoms with Crippen molar-refractivity contribution in [1.82, 2.24) is 19.9 Å². The summed E-state index contributed by atoms with van der Waals surface area (Å²) in [4.78, 5) is 14.7. The second-order valence-corrected chi connectivity index (χ2v) is 5.13. The van der Waals surface area contributed by atoms with Crippen molar-refractivity contribution in [1.29, 1.82) is 0 Å². The van der Waals surface area contributed by atoms with Crippen LogP contribution in [0.4, 0.5) is 19.0 Å². The van der Waals surface area contributed by atoms with Crippen molar-refractivity contribution >= 4 is 17.0 Å². The minimum atomic E-state index is -4.30. The van der Waals surface area contributed by atoms with Crippen LogP contribution in [0.5, 0.6) is 0 Å². The maximum absolute atomic E-state index is 13.3. The molecule has 0 aliphatic rings. The first-order valence-electron chi connectivity index (χ1n) is 7.02. The summed E-state index contributed by atoms with van der Waals surface area (Å²) in [6.07, 6.45) is -1.70. The van der Waals surface area contributed by atoms with E-state index in [0.717, 1.165) is 0 Å². The maximum Gasteiger partial charge on any atom is 0.393 e. The van der Waals surface area contributed by atoms with E-state index in [4.69, 9.17) is 0 Å². The lowest BCUT2D eigenvalue weighted by atomic mass is 9.98. The summed E-state index contributed by atoms with van der Waals surface area (Å²) in [6, 6.07) is 8.62. The number of nitrogens with one attached hydrogen (secondary N) is 2. The maximum atomic E-state index is 13.3. The van der Waals surface area contributed by atoms with E-state index in [-0.39, 0.29) is 13.0 Å². The van der Waals surface area contributed by atoms with Crippen LogP contribution in [0.25, 0.3) is 11.2 Å². The number of aromatic amines is 1. The summed E-state index contributed by atoms with van der Waals surface area (Å²) in [7, 11) is 0. The first-order chi connectivity index (χ1) is 11.0. The van der Waals surface area contributed by atoms with E-state index in [9.17, 15) is 13.2 Å². The number of aromatic nitrogens is 4. The molecule has 0 aliphatic heterocycles. The molecule has 2 heterocycles. The third-order valence-electron chi connectivity index (χ3n) is 3.53. The Morgan fingerprint density at radius 3 is 2.61 bits per heavy atom. The Bertz CT molecular complexity index is 769. The molecule has 5 nitrogen and oxygen atoms in total. The number of hydrogen-bond acceptors (Lipinski definition) is 4. The molecule has 3 rings (SSSR count). The van der Waals surface area contributed by atoms with E-state index >= 15 is 0 Å². The molecule has 1 aromatic carbocycles. The van der Waals surface area contributed by atoms with Crippen molar-refractivity contribution in [2.45, 2.75) is 12.6 Å². The lowest BCUT2D eigenvalue weighted by Gasteiger charge is -2.21. The zero-order chi connectivity index (χ0) is 16.3. The van der Waals surface area contributed by atoms with Crippen LogP contribution in [0.15, 0.2) is 43.0 Å². The number of anilines is 1. The van der Waals surface area contributed by atoms with Crippen LogP contribution in [-0.2, 0) is 6.42 Å². The zero-order valence-electron chi connectivity index (χ0n) is 12.0. The Kier molecular flexibility index (Phi) is 4.14. The molecular weight excluding hydrogens is 307 g/mol. The van der Waals surface area contributed by atoms with Gasteiger partial charge in [0.2, 0.25) is 0 Å². The van der Waals surface area contributed by atoms with Crippen LogP contribution in [0, 0.1) is 5.92 Å². The number of hydrogen-bond donors (Lipinski definition) is 2. The molecule has 0 bridgehead atoms. The van der Waals surface area contributed by atoms with Crippen LogP contribution >= 0.6 is 0 Å². The van der Waals surface area contributed by atoms with Gasteiger partial charge in [-0.25, -0.2) is 15.0 Å². The van der Waals surface area contributed by atoms with Gasteiger partial charge in [0, 0.05) is 6.54 Å². The molecule has 0 spiro atoms. The third-order valence-corrected chi connectivity index (χ3v) is 3.53. The van der Waals surface area contributed by atoms with Crippen LogP contribution < -0.4 is 5.32 Å². The summed E-state index contributed by atoms with van der Waals surface area (Å²) in [5.74, 6) is -1.20. The number of H-pyrrole nitrogens is 1. The predicted octanol–water partition coefficient (Wildman–Crippen LogP) is 3.19. The predicted molar refractivity (Wildman–Crippen MR) is 79.9 cm³/mol. The Labute approximate surface area is 130 Å². The smallest absolute Gasteiger partial charge is 0.368 e. The fourth-order valence-electron chi connectivity index (χ4n) is 2.32. The summed E-state index contributed by atoms with van der Waals surface area (Å²) in [6.45, 7) is -0.274. The Morgan fingerprint density at radius 1 is 1.09 bits per heavy atom. The first kappa shape index (κ1) is 15.3.